The molecule has 3 rings (SSSR count). The Labute approximate surface area is 164 Å². The molecule has 1 saturated heterocycles. The Bertz CT molecular complexity index is 879. The molecule has 1 aliphatic rings. The summed E-state index contributed by atoms with van der Waals surface area (Å²) in [5.41, 5.74) is -0.118. The van der Waals surface area contributed by atoms with E-state index in [0.717, 1.165) is 11.8 Å². The quantitative estimate of drug-likeness (QED) is 0.559. The number of amides is 1. The maximum absolute atomic E-state index is 13.0. The SMILES string of the molecule is O=C(COc1ccccc1C(F)(F)F)N1CCN(c2ccc([N+](=O)[O-])cc2)CC1. The maximum Gasteiger partial charge on any atom is 0.419 e. The zero-order chi connectivity index (χ0) is 21.0. The summed E-state index contributed by atoms with van der Waals surface area (Å²) >= 11 is 0. The number of halogens is 3. The number of rotatable bonds is 5. The number of nitro groups is 1. The number of hydrogen-bond acceptors (Lipinski definition) is 5. The molecule has 0 aliphatic carbocycles. The predicted molar refractivity (Wildman–Crippen MR) is 98.8 cm³/mol. The van der Waals surface area contributed by atoms with Gasteiger partial charge in [0.25, 0.3) is 11.6 Å². The molecule has 1 aliphatic heterocycles. The van der Waals surface area contributed by atoms with Gasteiger partial charge in [0.05, 0.1) is 10.5 Å². The number of alkyl halides is 3. The summed E-state index contributed by atoms with van der Waals surface area (Å²) in [6.45, 7) is 1.27. The summed E-state index contributed by atoms with van der Waals surface area (Å²) in [4.78, 5) is 26.1. The molecule has 0 spiro atoms. The number of ether oxygens (including phenoxy) is 1. The van der Waals surface area contributed by atoms with Crippen LogP contribution in [0.25, 0.3) is 0 Å². The van der Waals surface area contributed by atoms with Gasteiger partial charge in [-0.2, -0.15) is 13.2 Å². The second kappa shape index (κ2) is 8.38. The summed E-state index contributed by atoms with van der Waals surface area (Å²) in [5.74, 6) is -0.775. The van der Waals surface area contributed by atoms with E-state index in [-0.39, 0.29) is 11.4 Å². The Morgan fingerprint density at radius 2 is 1.66 bits per heavy atom. The molecule has 1 amide bonds. The van der Waals surface area contributed by atoms with E-state index in [1.165, 1.54) is 35.2 Å². The summed E-state index contributed by atoms with van der Waals surface area (Å²) in [7, 11) is 0. The van der Waals surface area contributed by atoms with Crippen molar-refractivity contribution in [2.75, 3.05) is 37.7 Å². The van der Waals surface area contributed by atoms with Crippen LogP contribution in [0.5, 0.6) is 5.75 Å². The van der Waals surface area contributed by atoms with Crippen molar-refractivity contribution in [3.05, 3.63) is 64.2 Å². The van der Waals surface area contributed by atoms with Gasteiger partial charge in [0.2, 0.25) is 0 Å². The van der Waals surface area contributed by atoms with Gasteiger partial charge in [0.15, 0.2) is 6.61 Å². The Kier molecular flexibility index (Phi) is 5.90. The molecule has 10 heteroatoms. The highest BCUT2D eigenvalue weighted by Crippen LogP contribution is 2.35. The van der Waals surface area contributed by atoms with Crippen molar-refractivity contribution in [2.45, 2.75) is 6.18 Å². The van der Waals surface area contributed by atoms with Gasteiger partial charge in [-0.15, -0.1) is 0 Å². The number of benzene rings is 2. The van der Waals surface area contributed by atoms with Crippen molar-refractivity contribution in [2.24, 2.45) is 0 Å². The summed E-state index contributed by atoms with van der Waals surface area (Å²) in [6.07, 6.45) is -4.56. The molecule has 2 aromatic rings. The lowest BCUT2D eigenvalue weighted by Gasteiger charge is -2.36. The van der Waals surface area contributed by atoms with Crippen LogP contribution >= 0.6 is 0 Å². The fourth-order valence-electron chi connectivity index (χ4n) is 3.06. The lowest BCUT2D eigenvalue weighted by molar-refractivity contribution is -0.384. The second-order valence-corrected chi connectivity index (χ2v) is 6.42. The third-order valence-corrected chi connectivity index (χ3v) is 4.60. The highest BCUT2D eigenvalue weighted by molar-refractivity contribution is 5.78. The van der Waals surface area contributed by atoms with Crippen LogP contribution in [0.4, 0.5) is 24.5 Å². The summed E-state index contributed by atoms with van der Waals surface area (Å²) < 4.78 is 44.1. The molecule has 1 fully saturated rings. The van der Waals surface area contributed by atoms with Crippen LogP contribution in [0.3, 0.4) is 0 Å². The zero-order valence-corrected chi connectivity index (χ0v) is 15.3. The molecule has 0 saturated carbocycles. The first-order valence-corrected chi connectivity index (χ1v) is 8.82. The molecule has 0 radical (unpaired) electrons. The van der Waals surface area contributed by atoms with Crippen LogP contribution < -0.4 is 9.64 Å². The van der Waals surface area contributed by atoms with Gasteiger partial charge in [-0.1, -0.05) is 12.1 Å². The fourth-order valence-corrected chi connectivity index (χ4v) is 3.06. The van der Waals surface area contributed by atoms with E-state index in [2.05, 4.69) is 0 Å². The molecule has 154 valence electrons. The molecular formula is C19H18F3N3O4. The third-order valence-electron chi connectivity index (χ3n) is 4.60. The monoisotopic (exact) mass is 409 g/mol. The van der Waals surface area contributed by atoms with Crippen LogP contribution in [-0.2, 0) is 11.0 Å². The molecule has 0 N–H and O–H groups in total. The van der Waals surface area contributed by atoms with Crippen LogP contribution in [0.1, 0.15) is 5.56 Å². The van der Waals surface area contributed by atoms with Gasteiger partial charge in [0.1, 0.15) is 5.75 Å². The number of hydrogen-bond donors (Lipinski definition) is 0. The molecule has 1 heterocycles. The van der Waals surface area contributed by atoms with Gasteiger partial charge in [0, 0.05) is 44.0 Å². The van der Waals surface area contributed by atoms with Crippen molar-refractivity contribution >= 4 is 17.3 Å². The van der Waals surface area contributed by atoms with E-state index < -0.39 is 29.2 Å². The average Bonchev–Trinajstić information content (AvgIpc) is 2.71. The molecule has 0 unspecified atom stereocenters. The van der Waals surface area contributed by atoms with Crippen molar-refractivity contribution in [1.29, 1.82) is 0 Å². The number of piperazine rings is 1. The second-order valence-electron chi connectivity index (χ2n) is 6.42. The lowest BCUT2D eigenvalue weighted by Crippen LogP contribution is -2.50. The lowest BCUT2D eigenvalue weighted by atomic mass is 10.2. The molecule has 7 nitrogen and oxygen atoms in total. The largest absolute Gasteiger partial charge is 0.483 e. The highest BCUT2D eigenvalue weighted by atomic mass is 19.4. The smallest absolute Gasteiger partial charge is 0.419 e. The van der Waals surface area contributed by atoms with Crippen LogP contribution in [0.15, 0.2) is 48.5 Å². The van der Waals surface area contributed by atoms with Crippen LogP contribution in [-0.4, -0.2) is 48.5 Å². The number of para-hydroxylation sites is 1. The predicted octanol–water partition coefficient (Wildman–Crippen LogP) is 3.34. The number of non-ortho nitro benzene ring substituents is 1. The minimum Gasteiger partial charge on any atom is -0.483 e. The Morgan fingerprint density at radius 1 is 1.03 bits per heavy atom. The highest BCUT2D eigenvalue weighted by Gasteiger charge is 2.34. The normalized spacial score (nSPS) is 14.6. The first kappa shape index (κ1) is 20.4. The standard InChI is InChI=1S/C19H18F3N3O4/c20-19(21,22)16-3-1-2-4-17(16)29-13-18(26)24-11-9-23(10-12-24)14-5-7-15(8-6-14)25(27)28/h1-8H,9-13H2. The van der Waals surface area contributed by atoms with E-state index in [1.54, 1.807) is 12.1 Å². The van der Waals surface area contributed by atoms with Gasteiger partial charge >= 0.3 is 6.18 Å². The average molecular weight is 409 g/mol. The minimum absolute atomic E-state index is 0.00106. The van der Waals surface area contributed by atoms with Crippen LogP contribution in [0, 0.1) is 10.1 Å². The van der Waals surface area contributed by atoms with Crippen molar-refractivity contribution in [3.8, 4) is 5.75 Å². The Balaban J connectivity index is 1.54. The topological polar surface area (TPSA) is 75.9 Å². The van der Waals surface area contributed by atoms with Crippen molar-refractivity contribution in [3.63, 3.8) is 0 Å². The van der Waals surface area contributed by atoms with Gasteiger partial charge in [-0.05, 0) is 24.3 Å². The number of anilines is 1. The summed E-state index contributed by atoms with van der Waals surface area (Å²) in [6, 6.07) is 10.9. The maximum atomic E-state index is 13.0. The van der Waals surface area contributed by atoms with E-state index >= 15 is 0 Å². The summed E-state index contributed by atoms with van der Waals surface area (Å²) in [5, 5.41) is 10.7. The molecule has 0 bridgehead atoms. The first-order chi connectivity index (χ1) is 13.8. The Hall–Kier alpha value is -3.30. The zero-order valence-electron chi connectivity index (χ0n) is 15.3. The Morgan fingerprint density at radius 3 is 2.24 bits per heavy atom. The number of carbonyl (C=O) groups excluding carboxylic acids is 1. The first-order valence-electron chi connectivity index (χ1n) is 8.82. The van der Waals surface area contributed by atoms with Crippen LogP contribution in [0.2, 0.25) is 0 Å². The van der Waals surface area contributed by atoms with E-state index in [1.807, 2.05) is 4.90 Å². The molecule has 0 aromatic heterocycles. The van der Waals surface area contributed by atoms with Crippen molar-refractivity contribution < 1.29 is 27.6 Å². The number of nitro benzene ring substituents is 1. The fraction of sp³-hybridized carbons (Fsp3) is 0.316. The van der Waals surface area contributed by atoms with Crippen molar-refractivity contribution in [1.82, 2.24) is 4.90 Å². The number of carbonyl (C=O) groups is 1. The molecule has 29 heavy (non-hydrogen) atoms. The van der Waals surface area contributed by atoms with E-state index in [9.17, 15) is 28.1 Å². The van der Waals surface area contributed by atoms with E-state index in [0.29, 0.717) is 26.2 Å². The molecule has 2 aromatic carbocycles. The van der Waals surface area contributed by atoms with E-state index in [4.69, 9.17) is 4.74 Å². The van der Waals surface area contributed by atoms with Gasteiger partial charge in [-0.25, -0.2) is 0 Å². The van der Waals surface area contributed by atoms with Gasteiger partial charge < -0.3 is 14.5 Å². The minimum atomic E-state index is -4.56. The number of nitrogens with zero attached hydrogens (tertiary/aromatic N) is 3. The molecular weight excluding hydrogens is 391 g/mol. The molecule has 0 atom stereocenters. The third kappa shape index (κ3) is 4.95. The van der Waals surface area contributed by atoms with Gasteiger partial charge in [-0.3, -0.25) is 14.9 Å².